The number of carbonyl (C=O) groups is 2. The zero-order chi connectivity index (χ0) is 29.2. The Kier molecular flexibility index (Phi) is 11.3. The molecule has 0 radical (unpaired) electrons. The van der Waals surface area contributed by atoms with Crippen molar-refractivity contribution in [3.05, 3.63) is 48.3 Å². The highest BCUT2D eigenvalue weighted by Gasteiger charge is 2.44. The van der Waals surface area contributed by atoms with Gasteiger partial charge in [0, 0.05) is 38.0 Å². The molecule has 2 aliphatic heterocycles. The number of rotatable bonds is 6. The molecule has 0 unspecified atom stereocenters. The highest BCUT2D eigenvalue weighted by Crippen LogP contribution is 2.36. The van der Waals surface area contributed by atoms with E-state index in [1.54, 1.807) is 6.20 Å². The number of carboxylic acids is 2. The number of aromatic nitrogens is 3. The number of hydrogen-bond donors (Lipinski definition) is 2. The van der Waals surface area contributed by atoms with E-state index < -0.39 is 30.1 Å². The maximum Gasteiger partial charge on any atom is 0.490 e. The van der Waals surface area contributed by atoms with Crippen LogP contribution in [0.1, 0.15) is 12.0 Å². The van der Waals surface area contributed by atoms with Crippen molar-refractivity contribution in [3.8, 4) is 0 Å². The predicted molar refractivity (Wildman–Crippen MR) is 117 cm³/mol. The van der Waals surface area contributed by atoms with Crippen molar-refractivity contribution in [2.45, 2.75) is 31.5 Å². The summed E-state index contributed by atoms with van der Waals surface area (Å²) in [5, 5.41) is 14.2. The first kappa shape index (κ1) is 31.6. The fourth-order valence-electron chi connectivity index (χ4n) is 3.64. The summed E-state index contributed by atoms with van der Waals surface area (Å²) in [5.41, 5.74) is 1.09. The van der Waals surface area contributed by atoms with Crippen LogP contribution in [0.25, 0.3) is 0 Å². The molecule has 2 aromatic heterocycles. The van der Waals surface area contributed by atoms with Crippen molar-refractivity contribution in [1.29, 1.82) is 0 Å². The Hall–Kier alpha value is -3.60. The van der Waals surface area contributed by atoms with E-state index in [0.29, 0.717) is 31.0 Å². The van der Waals surface area contributed by atoms with E-state index in [4.69, 9.17) is 29.3 Å². The summed E-state index contributed by atoms with van der Waals surface area (Å²) in [4.78, 5) is 32.1. The molecule has 4 heterocycles. The molecule has 0 amide bonds. The first-order chi connectivity index (χ1) is 18.2. The molecule has 4 rings (SSSR count). The first-order valence-corrected chi connectivity index (χ1v) is 11.1. The van der Waals surface area contributed by atoms with E-state index in [2.05, 4.69) is 19.9 Å². The van der Waals surface area contributed by atoms with Crippen molar-refractivity contribution in [3.63, 3.8) is 0 Å². The van der Waals surface area contributed by atoms with Gasteiger partial charge < -0.3 is 24.6 Å². The summed E-state index contributed by atoms with van der Waals surface area (Å²) >= 11 is 0. The highest BCUT2D eigenvalue weighted by atomic mass is 19.4. The molecule has 2 aliphatic rings. The van der Waals surface area contributed by atoms with E-state index in [9.17, 15) is 30.7 Å². The van der Waals surface area contributed by atoms with Gasteiger partial charge in [-0.2, -0.15) is 26.3 Å². The number of anilines is 1. The minimum absolute atomic E-state index is 0.206. The van der Waals surface area contributed by atoms with Gasteiger partial charge in [-0.3, -0.25) is 4.98 Å². The molecule has 10 nitrogen and oxygen atoms in total. The van der Waals surface area contributed by atoms with Gasteiger partial charge in [0.2, 0.25) is 5.95 Å². The smallest absolute Gasteiger partial charge is 0.475 e. The van der Waals surface area contributed by atoms with Gasteiger partial charge >= 0.3 is 24.3 Å². The van der Waals surface area contributed by atoms with Gasteiger partial charge in [0.25, 0.3) is 0 Å². The molecule has 216 valence electrons. The first-order valence-electron chi connectivity index (χ1n) is 11.1. The van der Waals surface area contributed by atoms with Crippen molar-refractivity contribution in [2.75, 3.05) is 31.2 Å². The number of alkyl halides is 6. The second kappa shape index (κ2) is 14.0. The van der Waals surface area contributed by atoms with Crippen LogP contribution in [0.2, 0.25) is 0 Å². The van der Waals surface area contributed by atoms with Gasteiger partial charge in [-0.1, -0.05) is 6.07 Å². The number of halogens is 7. The molecule has 0 spiro atoms. The molecular weight excluding hydrogens is 549 g/mol. The number of fused-ring (bicyclic) bond motifs is 1. The summed E-state index contributed by atoms with van der Waals surface area (Å²) in [6.07, 6.45) is -2.98. The van der Waals surface area contributed by atoms with Crippen LogP contribution in [0.3, 0.4) is 0 Å². The van der Waals surface area contributed by atoms with Crippen LogP contribution < -0.4 is 4.90 Å². The predicted octanol–water partition coefficient (Wildman–Crippen LogP) is 3.34. The van der Waals surface area contributed by atoms with Crippen LogP contribution in [0, 0.1) is 17.7 Å². The summed E-state index contributed by atoms with van der Waals surface area (Å²) in [6, 6.07) is 3.93. The maximum atomic E-state index is 13.0. The molecule has 17 heteroatoms. The van der Waals surface area contributed by atoms with Crippen molar-refractivity contribution >= 4 is 17.9 Å². The Morgan fingerprint density at radius 3 is 2.13 bits per heavy atom. The lowest BCUT2D eigenvalue weighted by Gasteiger charge is -2.19. The van der Waals surface area contributed by atoms with Crippen LogP contribution >= 0.6 is 0 Å². The highest BCUT2D eigenvalue weighted by molar-refractivity contribution is 5.73. The molecule has 2 fully saturated rings. The number of pyridine rings is 1. The maximum absolute atomic E-state index is 13.0. The topological polar surface area (TPSA) is 135 Å². The third-order valence-electron chi connectivity index (χ3n) is 5.44. The number of hydrogen-bond acceptors (Lipinski definition) is 8. The largest absolute Gasteiger partial charge is 0.490 e. The molecule has 3 atom stereocenters. The molecule has 2 aromatic rings. The number of nitrogens with zero attached hydrogens (tertiary/aromatic N) is 4. The molecule has 0 aromatic carbocycles. The molecule has 0 saturated carbocycles. The lowest BCUT2D eigenvalue weighted by molar-refractivity contribution is -0.193. The van der Waals surface area contributed by atoms with E-state index in [1.807, 2.05) is 18.3 Å². The lowest BCUT2D eigenvalue weighted by atomic mass is 9.91. The Morgan fingerprint density at radius 1 is 1.03 bits per heavy atom. The van der Waals surface area contributed by atoms with Crippen molar-refractivity contribution in [2.24, 2.45) is 11.8 Å². The molecule has 0 aliphatic carbocycles. The molecule has 2 saturated heterocycles. The van der Waals surface area contributed by atoms with Gasteiger partial charge in [-0.15, -0.1) is 0 Å². The summed E-state index contributed by atoms with van der Waals surface area (Å²) in [7, 11) is 0. The molecule has 2 N–H and O–H groups in total. The quantitative estimate of drug-likeness (QED) is 0.392. The van der Waals surface area contributed by atoms with Crippen LogP contribution in [-0.2, 0) is 25.7 Å². The Labute approximate surface area is 216 Å². The van der Waals surface area contributed by atoms with Crippen LogP contribution in [-0.4, -0.2) is 81.9 Å². The average Bonchev–Trinajstić information content (AvgIpc) is 3.44. The zero-order valence-electron chi connectivity index (χ0n) is 19.9. The number of ether oxygens (including phenoxy) is 2. The van der Waals surface area contributed by atoms with E-state index in [0.717, 1.165) is 31.7 Å². The zero-order valence-corrected chi connectivity index (χ0v) is 19.9. The fourth-order valence-corrected chi connectivity index (χ4v) is 3.64. The fraction of sp³-hybridized carbons (Fsp3) is 0.500. The van der Waals surface area contributed by atoms with Gasteiger partial charge in [0.1, 0.15) is 0 Å². The number of carboxylic acid groups (broad SMARTS) is 2. The van der Waals surface area contributed by atoms with E-state index >= 15 is 0 Å². The van der Waals surface area contributed by atoms with Crippen LogP contribution in [0.5, 0.6) is 0 Å². The third kappa shape index (κ3) is 10.6. The standard InChI is InChI=1S/C18H21FN4O2.2C2HF3O2/c19-15-7-21-18(22-8-15)23-9-16-14(12-25-17(16)10-23)3-5-24-11-13-2-1-4-20-6-13;2*3-2(4,5)1(6)7/h1-2,4,6-8,14,16-17H,3,5,9-12H2;2*(H,6,7)/t14-,16-,17-;;/m0../s1. The molecule has 0 bridgehead atoms. The Bertz CT molecular complexity index is 1030. The normalized spacial score (nSPS) is 20.3. The SMILES string of the molecule is Fc1cnc(N2C[C@H]3[C@@H](CCOCc4cccnc4)CO[C@H]3C2)nc1.O=C(O)C(F)(F)F.O=C(O)C(F)(F)F. The summed E-state index contributed by atoms with van der Waals surface area (Å²) < 4.78 is 88.2. The number of aliphatic carboxylic acids is 2. The van der Waals surface area contributed by atoms with Crippen molar-refractivity contribution in [1.82, 2.24) is 15.0 Å². The lowest BCUT2D eigenvalue weighted by Crippen LogP contribution is -2.26. The molecular formula is C22H23F7N4O6. The minimum atomic E-state index is -5.08. The van der Waals surface area contributed by atoms with Crippen LogP contribution in [0.15, 0.2) is 36.9 Å². The van der Waals surface area contributed by atoms with Crippen LogP contribution in [0.4, 0.5) is 36.7 Å². The second-order valence-electron chi connectivity index (χ2n) is 8.21. The second-order valence-corrected chi connectivity index (χ2v) is 8.21. The summed E-state index contributed by atoms with van der Waals surface area (Å²) in [6.45, 7) is 3.70. The monoisotopic (exact) mass is 572 g/mol. The molecule has 39 heavy (non-hydrogen) atoms. The summed E-state index contributed by atoms with van der Waals surface area (Å²) in [5.74, 6) is -4.42. The average molecular weight is 572 g/mol. The minimum Gasteiger partial charge on any atom is -0.475 e. The third-order valence-corrected chi connectivity index (χ3v) is 5.44. The van der Waals surface area contributed by atoms with Gasteiger partial charge in [-0.05, 0) is 24.0 Å². The van der Waals surface area contributed by atoms with Gasteiger partial charge in [0.15, 0.2) is 5.82 Å². The van der Waals surface area contributed by atoms with E-state index in [1.165, 1.54) is 12.4 Å². The van der Waals surface area contributed by atoms with E-state index in [-0.39, 0.29) is 6.10 Å². The Balaban J connectivity index is 0.000000317. The van der Waals surface area contributed by atoms with Gasteiger partial charge in [0.05, 0.1) is 31.7 Å². The van der Waals surface area contributed by atoms with Crippen molar-refractivity contribution < 1.29 is 60.0 Å². The van der Waals surface area contributed by atoms with Gasteiger partial charge in [-0.25, -0.2) is 23.9 Å². The Morgan fingerprint density at radius 2 is 1.62 bits per heavy atom.